The molecule has 110 valence electrons. The van der Waals surface area contributed by atoms with Gasteiger partial charge in [0, 0.05) is 12.4 Å². The van der Waals surface area contributed by atoms with Gasteiger partial charge in [0.2, 0.25) is 0 Å². The van der Waals surface area contributed by atoms with Crippen molar-refractivity contribution in [2.75, 3.05) is 0 Å². The monoisotopic (exact) mass is 293 g/mol. The SMILES string of the molecule is CC(C)(C#N)c1ccccc1Cn1nc2cnccn2c1=O. The lowest BCUT2D eigenvalue weighted by molar-refractivity contribution is 0.625. The van der Waals surface area contributed by atoms with Gasteiger partial charge < -0.3 is 0 Å². The summed E-state index contributed by atoms with van der Waals surface area (Å²) >= 11 is 0. The van der Waals surface area contributed by atoms with Gasteiger partial charge in [0.25, 0.3) is 0 Å². The Morgan fingerprint density at radius 1 is 1.32 bits per heavy atom. The molecule has 0 bridgehead atoms. The van der Waals surface area contributed by atoms with Crippen LogP contribution in [0.2, 0.25) is 0 Å². The molecule has 0 saturated heterocycles. The summed E-state index contributed by atoms with van der Waals surface area (Å²) in [6, 6.07) is 9.93. The van der Waals surface area contributed by atoms with Crippen LogP contribution in [-0.4, -0.2) is 19.2 Å². The first kappa shape index (κ1) is 14.0. The fourth-order valence-electron chi connectivity index (χ4n) is 2.47. The highest BCUT2D eigenvalue weighted by Gasteiger charge is 2.23. The van der Waals surface area contributed by atoms with E-state index in [1.807, 2.05) is 38.1 Å². The Bertz CT molecular complexity index is 929. The van der Waals surface area contributed by atoms with Gasteiger partial charge in [0.05, 0.1) is 24.2 Å². The lowest BCUT2D eigenvalue weighted by Crippen LogP contribution is -2.24. The molecule has 0 aliphatic heterocycles. The van der Waals surface area contributed by atoms with E-state index >= 15 is 0 Å². The van der Waals surface area contributed by atoms with E-state index in [0.717, 1.165) is 11.1 Å². The number of hydrogen-bond donors (Lipinski definition) is 0. The van der Waals surface area contributed by atoms with E-state index in [1.165, 1.54) is 9.08 Å². The summed E-state index contributed by atoms with van der Waals surface area (Å²) in [5.41, 5.74) is 1.47. The summed E-state index contributed by atoms with van der Waals surface area (Å²) in [7, 11) is 0. The molecule has 0 N–H and O–H groups in total. The van der Waals surface area contributed by atoms with E-state index in [0.29, 0.717) is 12.2 Å². The van der Waals surface area contributed by atoms with Gasteiger partial charge in [-0.1, -0.05) is 24.3 Å². The van der Waals surface area contributed by atoms with Crippen LogP contribution >= 0.6 is 0 Å². The molecule has 6 nitrogen and oxygen atoms in total. The zero-order valence-electron chi connectivity index (χ0n) is 12.4. The van der Waals surface area contributed by atoms with Gasteiger partial charge in [-0.25, -0.2) is 13.9 Å². The Morgan fingerprint density at radius 2 is 2.09 bits per heavy atom. The normalized spacial score (nSPS) is 11.5. The van der Waals surface area contributed by atoms with Crippen LogP contribution in [-0.2, 0) is 12.0 Å². The number of fused-ring (bicyclic) bond motifs is 1. The molecule has 0 aliphatic rings. The third-order valence-electron chi connectivity index (χ3n) is 3.68. The highest BCUT2D eigenvalue weighted by molar-refractivity contribution is 5.38. The lowest BCUT2D eigenvalue weighted by atomic mass is 9.83. The van der Waals surface area contributed by atoms with Crippen LogP contribution in [0.25, 0.3) is 5.65 Å². The molecule has 2 heterocycles. The van der Waals surface area contributed by atoms with Crippen LogP contribution in [0.5, 0.6) is 0 Å². The molecular weight excluding hydrogens is 278 g/mol. The number of aromatic nitrogens is 4. The Balaban J connectivity index is 2.09. The van der Waals surface area contributed by atoms with Gasteiger partial charge in [0.1, 0.15) is 0 Å². The second kappa shape index (κ2) is 5.11. The summed E-state index contributed by atoms with van der Waals surface area (Å²) in [5, 5.41) is 13.6. The van der Waals surface area contributed by atoms with Crippen molar-refractivity contribution in [3.05, 3.63) is 64.5 Å². The smallest absolute Gasteiger partial charge is 0.259 e. The Morgan fingerprint density at radius 3 is 2.82 bits per heavy atom. The standard InChI is InChI=1S/C16H15N5O/c1-16(2,11-17)13-6-4-3-5-12(13)10-21-15(22)20-8-7-18-9-14(20)19-21/h3-9H,10H2,1-2H3. The molecule has 0 fully saturated rings. The Hall–Kier alpha value is -2.94. The maximum atomic E-state index is 12.3. The molecule has 0 unspecified atom stereocenters. The fraction of sp³-hybridized carbons (Fsp3) is 0.250. The van der Waals surface area contributed by atoms with Crippen LogP contribution in [0.3, 0.4) is 0 Å². The maximum absolute atomic E-state index is 12.3. The van der Waals surface area contributed by atoms with Crippen molar-refractivity contribution in [3.8, 4) is 6.07 Å². The zero-order chi connectivity index (χ0) is 15.7. The van der Waals surface area contributed by atoms with Gasteiger partial charge in [-0.2, -0.15) is 5.26 Å². The molecule has 22 heavy (non-hydrogen) atoms. The summed E-state index contributed by atoms with van der Waals surface area (Å²) in [6.45, 7) is 4.05. The second-order valence-electron chi connectivity index (χ2n) is 5.64. The first-order valence-corrected chi connectivity index (χ1v) is 6.92. The minimum Gasteiger partial charge on any atom is -0.259 e. The van der Waals surface area contributed by atoms with Gasteiger partial charge in [-0.3, -0.25) is 4.98 Å². The summed E-state index contributed by atoms with van der Waals surface area (Å²) < 4.78 is 2.84. The van der Waals surface area contributed by atoms with Crippen LogP contribution in [0.15, 0.2) is 47.7 Å². The predicted molar refractivity (Wildman–Crippen MR) is 81.4 cm³/mol. The van der Waals surface area contributed by atoms with Crippen molar-refractivity contribution < 1.29 is 0 Å². The average Bonchev–Trinajstić information content (AvgIpc) is 2.84. The summed E-state index contributed by atoms with van der Waals surface area (Å²) in [6.07, 6.45) is 4.68. The van der Waals surface area contributed by atoms with E-state index in [9.17, 15) is 10.1 Å². The van der Waals surface area contributed by atoms with Crippen LogP contribution in [0.1, 0.15) is 25.0 Å². The molecule has 3 aromatic rings. The Kier molecular flexibility index (Phi) is 3.26. The number of nitrogens with zero attached hydrogens (tertiary/aromatic N) is 5. The van der Waals surface area contributed by atoms with E-state index in [-0.39, 0.29) is 5.69 Å². The Labute approximate surface area is 127 Å². The third kappa shape index (κ3) is 2.27. The minimum absolute atomic E-state index is 0.220. The molecule has 0 atom stereocenters. The molecule has 0 spiro atoms. The number of benzene rings is 1. The molecule has 0 aliphatic carbocycles. The van der Waals surface area contributed by atoms with Crippen LogP contribution < -0.4 is 5.69 Å². The van der Waals surface area contributed by atoms with Crippen molar-refractivity contribution in [1.82, 2.24) is 19.2 Å². The number of rotatable bonds is 3. The molecule has 0 amide bonds. The number of nitriles is 1. The molecular formula is C16H15N5O. The van der Waals surface area contributed by atoms with Crippen LogP contribution in [0, 0.1) is 11.3 Å². The molecule has 2 aromatic heterocycles. The minimum atomic E-state index is -0.624. The quantitative estimate of drug-likeness (QED) is 0.737. The van der Waals surface area contributed by atoms with Gasteiger partial charge in [-0.05, 0) is 25.0 Å². The van der Waals surface area contributed by atoms with Gasteiger partial charge in [-0.15, -0.1) is 5.10 Å². The lowest BCUT2D eigenvalue weighted by Gasteiger charge is -2.19. The highest BCUT2D eigenvalue weighted by Crippen LogP contribution is 2.26. The topological polar surface area (TPSA) is 76.0 Å². The van der Waals surface area contributed by atoms with E-state index < -0.39 is 5.41 Å². The molecule has 3 rings (SSSR count). The average molecular weight is 293 g/mol. The van der Waals surface area contributed by atoms with E-state index in [4.69, 9.17) is 0 Å². The first-order chi connectivity index (χ1) is 10.5. The molecule has 0 radical (unpaired) electrons. The number of hydrogen-bond acceptors (Lipinski definition) is 4. The molecule has 6 heteroatoms. The molecule has 1 aromatic carbocycles. The van der Waals surface area contributed by atoms with E-state index in [1.54, 1.807) is 18.6 Å². The van der Waals surface area contributed by atoms with E-state index in [2.05, 4.69) is 16.2 Å². The first-order valence-electron chi connectivity index (χ1n) is 6.92. The van der Waals surface area contributed by atoms with Crippen molar-refractivity contribution >= 4 is 5.65 Å². The van der Waals surface area contributed by atoms with Crippen molar-refractivity contribution in [2.45, 2.75) is 25.8 Å². The molecule has 0 saturated carbocycles. The second-order valence-corrected chi connectivity index (χ2v) is 5.64. The van der Waals surface area contributed by atoms with Gasteiger partial charge >= 0.3 is 5.69 Å². The van der Waals surface area contributed by atoms with Crippen LogP contribution in [0.4, 0.5) is 0 Å². The van der Waals surface area contributed by atoms with Gasteiger partial charge in [0.15, 0.2) is 5.65 Å². The summed E-state index contributed by atoms with van der Waals surface area (Å²) in [4.78, 5) is 16.3. The third-order valence-corrected chi connectivity index (χ3v) is 3.68. The maximum Gasteiger partial charge on any atom is 0.350 e. The highest BCUT2D eigenvalue weighted by atomic mass is 16.2. The van der Waals surface area contributed by atoms with Crippen molar-refractivity contribution in [3.63, 3.8) is 0 Å². The van der Waals surface area contributed by atoms with Crippen molar-refractivity contribution in [2.24, 2.45) is 0 Å². The van der Waals surface area contributed by atoms with Crippen molar-refractivity contribution in [1.29, 1.82) is 5.26 Å². The predicted octanol–water partition coefficient (Wildman–Crippen LogP) is 1.74. The largest absolute Gasteiger partial charge is 0.350 e. The fourth-order valence-corrected chi connectivity index (χ4v) is 2.47. The summed E-state index contributed by atoms with van der Waals surface area (Å²) in [5.74, 6) is 0. The zero-order valence-corrected chi connectivity index (χ0v) is 12.4.